The first-order valence-electron chi connectivity index (χ1n) is 8.62. The number of aromatic nitrogens is 2. The van der Waals surface area contributed by atoms with Crippen molar-refractivity contribution in [3.05, 3.63) is 55.7 Å². The average Bonchev–Trinajstić information content (AvgIpc) is 2.84. The summed E-state index contributed by atoms with van der Waals surface area (Å²) in [6, 6.07) is 6.39. The van der Waals surface area contributed by atoms with E-state index in [1.54, 1.807) is 31.2 Å². The Balaban J connectivity index is 2.07. The highest BCUT2D eigenvalue weighted by atomic mass is 35.5. The van der Waals surface area contributed by atoms with E-state index in [2.05, 4.69) is 10.1 Å². The van der Waals surface area contributed by atoms with Gasteiger partial charge in [0.15, 0.2) is 0 Å². The van der Waals surface area contributed by atoms with Crippen LogP contribution in [0.3, 0.4) is 0 Å². The van der Waals surface area contributed by atoms with Gasteiger partial charge in [0, 0.05) is 18.1 Å². The Labute approximate surface area is 155 Å². The Morgan fingerprint density at radius 3 is 2.35 bits per heavy atom. The maximum Gasteiger partial charge on any atom is 0.335 e. The molecular formula is C18H21ClN4O3. The van der Waals surface area contributed by atoms with Crippen LogP contribution in [0.5, 0.6) is 5.88 Å². The van der Waals surface area contributed by atoms with Crippen molar-refractivity contribution in [2.24, 2.45) is 5.10 Å². The van der Waals surface area contributed by atoms with Gasteiger partial charge in [-0.15, -0.1) is 0 Å². The lowest BCUT2D eigenvalue weighted by Gasteiger charge is -2.18. The molecule has 1 saturated heterocycles. The van der Waals surface area contributed by atoms with Gasteiger partial charge in [0.1, 0.15) is 5.56 Å². The van der Waals surface area contributed by atoms with Crippen molar-refractivity contribution < 1.29 is 5.11 Å². The summed E-state index contributed by atoms with van der Waals surface area (Å²) < 4.78 is 1.04. The molecule has 0 unspecified atom stereocenters. The normalized spacial score (nSPS) is 15.8. The molecule has 138 valence electrons. The van der Waals surface area contributed by atoms with Crippen LogP contribution in [-0.2, 0) is 0 Å². The Hall–Kier alpha value is -2.54. The molecule has 0 saturated carbocycles. The number of aromatic hydroxyl groups is 1. The molecule has 3 rings (SSSR count). The van der Waals surface area contributed by atoms with Gasteiger partial charge in [0.05, 0.1) is 11.4 Å². The maximum atomic E-state index is 12.3. The quantitative estimate of drug-likeness (QED) is 0.805. The summed E-state index contributed by atoms with van der Waals surface area (Å²) >= 11 is 5.88. The zero-order valence-electron chi connectivity index (χ0n) is 14.5. The van der Waals surface area contributed by atoms with Gasteiger partial charge in [-0.2, -0.15) is 5.10 Å². The molecule has 0 bridgehead atoms. The first kappa shape index (κ1) is 18.3. The lowest BCUT2D eigenvalue weighted by Crippen LogP contribution is -2.33. The summed E-state index contributed by atoms with van der Waals surface area (Å²) in [7, 11) is 0. The molecule has 2 aromatic rings. The Morgan fingerprint density at radius 1 is 1.12 bits per heavy atom. The number of hydrogen-bond acceptors (Lipinski definition) is 5. The van der Waals surface area contributed by atoms with Gasteiger partial charge in [0.2, 0.25) is 5.88 Å². The van der Waals surface area contributed by atoms with Gasteiger partial charge < -0.3 is 5.11 Å². The lowest BCUT2D eigenvalue weighted by molar-refractivity contribution is 0.300. The van der Waals surface area contributed by atoms with Crippen molar-refractivity contribution in [2.45, 2.75) is 32.6 Å². The lowest BCUT2D eigenvalue weighted by atomic mass is 10.2. The van der Waals surface area contributed by atoms with E-state index in [4.69, 9.17) is 11.6 Å². The van der Waals surface area contributed by atoms with E-state index in [0.717, 1.165) is 30.5 Å². The number of benzene rings is 1. The Bertz CT molecular complexity index is 923. The van der Waals surface area contributed by atoms with E-state index in [1.165, 1.54) is 12.8 Å². The molecule has 0 atom stereocenters. The van der Waals surface area contributed by atoms with Gasteiger partial charge in [-0.25, -0.2) is 9.36 Å². The Kier molecular flexibility index (Phi) is 5.46. The van der Waals surface area contributed by atoms with Crippen LogP contribution in [0.1, 0.15) is 38.2 Å². The molecule has 7 nitrogen and oxygen atoms in total. The molecule has 2 N–H and O–H groups in total. The second-order valence-electron chi connectivity index (χ2n) is 6.32. The van der Waals surface area contributed by atoms with E-state index < -0.39 is 17.1 Å². The van der Waals surface area contributed by atoms with Crippen molar-refractivity contribution in [1.29, 1.82) is 0 Å². The van der Waals surface area contributed by atoms with Gasteiger partial charge >= 0.3 is 5.69 Å². The molecule has 0 aliphatic carbocycles. The molecular weight excluding hydrogens is 356 g/mol. The zero-order valence-corrected chi connectivity index (χ0v) is 15.3. The maximum absolute atomic E-state index is 12.3. The number of halogens is 1. The number of hydrazone groups is 1. The van der Waals surface area contributed by atoms with Crippen molar-refractivity contribution >= 4 is 17.3 Å². The average molecular weight is 377 g/mol. The molecule has 0 spiro atoms. The van der Waals surface area contributed by atoms with Crippen LogP contribution in [0, 0.1) is 0 Å². The molecule has 0 amide bonds. The third-order valence-electron chi connectivity index (χ3n) is 4.41. The predicted octanol–water partition coefficient (Wildman–Crippen LogP) is 2.48. The number of rotatable bonds is 3. The highest BCUT2D eigenvalue weighted by Crippen LogP contribution is 2.19. The molecule has 1 aliphatic rings. The van der Waals surface area contributed by atoms with E-state index >= 15 is 0 Å². The fourth-order valence-corrected chi connectivity index (χ4v) is 3.22. The summed E-state index contributed by atoms with van der Waals surface area (Å²) in [5.41, 5.74) is -0.621. The molecule has 0 radical (unpaired) electrons. The number of aromatic amines is 1. The Morgan fingerprint density at radius 2 is 1.73 bits per heavy atom. The summed E-state index contributed by atoms with van der Waals surface area (Å²) in [6.07, 6.45) is 4.42. The zero-order chi connectivity index (χ0) is 18.7. The third kappa shape index (κ3) is 3.83. The van der Waals surface area contributed by atoms with E-state index in [-0.39, 0.29) is 5.56 Å². The molecule has 1 aromatic heterocycles. The van der Waals surface area contributed by atoms with Crippen molar-refractivity contribution in [3.63, 3.8) is 0 Å². The second-order valence-corrected chi connectivity index (χ2v) is 6.76. The van der Waals surface area contributed by atoms with Crippen LogP contribution < -0.4 is 11.2 Å². The van der Waals surface area contributed by atoms with Crippen molar-refractivity contribution in [3.8, 4) is 11.6 Å². The number of hydrogen-bond donors (Lipinski definition) is 2. The van der Waals surface area contributed by atoms with Crippen molar-refractivity contribution in [1.82, 2.24) is 14.6 Å². The third-order valence-corrected chi connectivity index (χ3v) is 4.66. The molecule has 2 heterocycles. The SMILES string of the molecule is C/C(=N\N1CCCCCC1)c1c(O)n(-c2ccc(Cl)cc2)c(=O)[nH]c1=O. The van der Waals surface area contributed by atoms with Gasteiger partial charge in [-0.1, -0.05) is 24.4 Å². The summed E-state index contributed by atoms with van der Waals surface area (Å²) in [5, 5.41) is 17.6. The summed E-state index contributed by atoms with van der Waals surface area (Å²) in [5.74, 6) is -0.433. The summed E-state index contributed by atoms with van der Waals surface area (Å²) in [4.78, 5) is 26.8. The molecule has 1 aliphatic heterocycles. The van der Waals surface area contributed by atoms with Crippen LogP contribution in [0.15, 0.2) is 39.0 Å². The van der Waals surface area contributed by atoms with E-state index in [1.807, 2.05) is 5.01 Å². The van der Waals surface area contributed by atoms with Crippen LogP contribution in [-0.4, -0.2) is 38.5 Å². The number of nitrogens with one attached hydrogen (secondary N) is 1. The monoisotopic (exact) mass is 376 g/mol. The standard InChI is InChI=1S/C18H21ClN4O3/c1-12(21-22-10-4-2-3-5-11-22)15-16(24)20-18(26)23(17(15)25)14-8-6-13(19)7-9-14/h6-9,25H,2-5,10-11H2,1H3,(H,20,24,26)/b21-12+. The van der Waals surface area contributed by atoms with E-state index in [9.17, 15) is 14.7 Å². The van der Waals surface area contributed by atoms with Gasteiger partial charge in [-0.3, -0.25) is 14.8 Å². The van der Waals surface area contributed by atoms with Crippen LogP contribution in [0.4, 0.5) is 0 Å². The van der Waals surface area contributed by atoms with Crippen LogP contribution >= 0.6 is 11.6 Å². The molecule has 1 aromatic carbocycles. The first-order valence-corrected chi connectivity index (χ1v) is 9.00. The minimum atomic E-state index is -0.721. The minimum absolute atomic E-state index is 0.0104. The highest BCUT2D eigenvalue weighted by Gasteiger charge is 2.19. The van der Waals surface area contributed by atoms with Gasteiger partial charge in [0.25, 0.3) is 5.56 Å². The topological polar surface area (TPSA) is 90.7 Å². The number of nitrogens with zero attached hydrogens (tertiary/aromatic N) is 3. The molecule has 26 heavy (non-hydrogen) atoms. The highest BCUT2D eigenvalue weighted by molar-refractivity contribution is 6.30. The molecule has 1 fully saturated rings. The van der Waals surface area contributed by atoms with Gasteiger partial charge in [-0.05, 0) is 44.0 Å². The van der Waals surface area contributed by atoms with Crippen molar-refractivity contribution in [2.75, 3.05) is 13.1 Å². The van der Waals surface area contributed by atoms with Crippen LogP contribution in [0.25, 0.3) is 5.69 Å². The first-order chi connectivity index (χ1) is 12.5. The second kappa shape index (κ2) is 7.78. The fraction of sp³-hybridized carbons (Fsp3) is 0.389. The number of H-pyrrole nitrogens is 1. The largest absolute Gasteiger partial charge is 0.493 e. The fourth-order valence-electron chi connectivity index (χ4n) is 3.10. The smallest absolute Gasteiger partial charge is 0.335 e. The minimum Gasteiger partial charge on any atom is -0.493 e. The van der Waals surface area contributed by atoms with Crippen LogP contribution in [0.2, 0.25) is 5.02 Å². The predicted molar refractivity (Wildman–Crippen MR) is 102 cm³/mol. The molecule has 8 heteroatoms. The summed E-state index contributed by atoms with van der Waals surface area (Å²) in [6.45, 7) is 3.28. The van der Waals surface area contributed by atoms with E-state index in [0.29, 0.717) is 16.4 Å².